The summed E-state index contributed by atoms with van der Waals surface area (Å²) in [5.74, 6) is -1.14. The molecule has 0 heterocycles. The minimum atomic E-state index is -0.511. The van der Waals surface area contributed by atoms with Crippen LogP contribution in [0.15, 0.2) is 0 Å². The standard InChI is InChI=1S/C10H17IO4/c1-10(2,3)15-8(12)5-7(6-11)9(13)14-4/h7H,5-6H2,1-4H3. The molecule has 0 amide bonds. The van der Waals surface area contributed by atoms with Gasteiger partial charge in [-0.25, -0.2) is 0 Å². The zero-order valence-electron chi connectivity index (χ0n) is 9.50. The number of methoxy groups -OCH3 is 1. The molecule has 0 saturated carbocycles. The number of carbonyl (C=O) groups excluding carboxylic acids is 2. The molecule has 0 aliphatic carbocycles. The average molecular weight is 328 g/mol. The molecule has 15 heavy (non-hydrogen) atoms. The van der Waals surface area contributed by atoms with E-state index in [0.29, 0.717) is 4.43 Å². The van der Waals surface area contributed by atoms with Crippen LogP contribution in [0, 0.1) is 5.92 Å². The first-order chi connectivity index (χ1) is 6.80. The number of hydrogen-bond acceptors (Lipinski definition) is 4. The SMILES string of the molecule is COC(=O)C(CI)CC(=O)OC(C)(C)C. The second-order valence-corrected chi connectivity index (χ2v) is 5.05. The maximum Gasteiger partial charge on any atom is 0.310 e. The minimum absolute atomic E-state index is 0.0763. The summed E-state index contributed by atoms with van der Waals surface area (Å²) in [5, 5.41) is 0. The molecule has 0 aromatic heterocycles. The number of carbonyl (C=O) groups is 2. The van der Waals surface area contributed by atoms with Gasteiger partial charge in [0.05, 0.1) is 19.4 Å². The lowest BCUT2D eigenvalue weighted by atomic mass is 10.1. The van der Waals surface area contributed by atoms with Crippen LogP contribution in [-0.4, -0.2) is 29.1 Å². The van der Waals surface area contributed by atoms with Gasteiger partial charge in [0, 0.05) is 4.43 Å². The summed E-state index contributed by atoms with van der Waals surface area (Å²) in [6.07, 6.45) is 0.0763. The number of alkyl halides is 1. The van der Waals surface area contributed by atoms with Crippen LogP contribution in [0.4, 0.5) is 0 Å². The van der Waals surface area contributed by atoms with Crippen molar-refractivity contribution >= 4 is 34.5 Å². The van der Waals surface area contributed by atoms with Crippen molar-refractivity contribution in [2.24, 2.45) is 5.92 Å². The number of halogens is 1. The number of hydrogen-bond donors (Lipinski definition) is 0. The van der Waals surface area contributed by atoms with E-state index in [-0.39, 0.29) is 18.4 Å². The van der Waals surface area contributed by atoms with E-state index in [0.717, 1.165) is 0 Å². The molecule has 1 atom stereocenters. The van der Waals surface area contributed by atoms with Crippen LogP contribution < -0.4 is 0 Å². The van der Waals surface area contributed by atoms with E-state index in [1.807, 2.05) is 0 Å². The normalized spacial score (nSPS) is 13.1. The first-order valence-electron chi connectivity index (χ1n) is 4.65. The largest absolute Gasteiger partial charge is 0.469 e. The monoisotopic (exact) mass is 328 g/mol. The van der Waals surface area contributed by atoms with Crippen molar-refractivity contribution < 1.29 is 19.1 Å². The first kappa shape index (κ1) is 14.7. The highest BCUT2D eigenvalue weighted by Crippen LogP contribution is 2.14. The Labute approximate surface area is 104 Å². The van der Waals surface area contributed by atoms with Gasteiger partial charge in [-0.05, 0) is 20.8 Å². The number of ether oxygens (including phenoxy) is 2. The molecule has 4 nitrogen and oxygen atoms in total. The van der Waals surface area contributed by atoms with Crippen LogP contribution in [0.2, 0.25) is 0 Å². The summed E-state index contributed by atoms with van der Waals surface area (Å²) >= 11 is 2.05. The molecule has 0 radical (unpaired) electrons. The van der Waals surface area contributed by atoms with Gasteiger partial charge in [0.1, 0.15) is 5.60 Å². The highest BCUT2D eigenvalue weighted by Gasteiger charge is 2.24. The van der Waals surface area contributed by atoms with Gasteiger partial charge in [0.15, 0.2) is 0 Å². The van der Waals surface area contributed by atoms with Gasteiger partial charge in [0.25, 0.3) is 0 Å². The van der Waals surface area contributed by atoms with Gasteiger partial charge in [-0.2, -0.15) is 0 Å². The van der Waals surface area contributed by atoms with Crippen LogP contribution in [0.5, 0.6) is 0 Å². The summed E-state index contributed by atoms with van der Waals surface area (Å²) in [4.78, 5) is 22.6. The van der Waals surface area contributed by atoms with E-state index in [1.54, 1.807) is 20.8 Å². The topological polar surface area (TPSA) is 52.6 Å². The van der Waals surface area contributed by atoms with Gasteiger partial charge in [-0.3, -0.25) is 9.59 Å². The Morgan fingerprint density at radius 3 is 2.20 bits per heavy atom. The lowest BCUT2D eigenvalue weighted by Gasteiger charge is -2.20. The molecule has 0 bridgehead atoms. The molecule has 5 heteroatoms. The fourth-order valence-corrected chi connectivity index (χ4v) is 1.62. The summed E-state index contributed by atoms with van der Waals surface area (Å²) in [7, 11) is 1.32. The Kier molecular flexibility index (Phi) is 6.16. The molecule has 0 aliphatic rings. The molecule has 0 rings (SSSR count). The molecule has 88 valence electrons. The van der Waals surface area contributed by atoms with E-state index in [1.165, 1.54) is 7.11 Å². The maximum absolute atomic E-state index is 11.4. The number of esters is 2. The predicted octanol–water partition coefficient (Wildman–Crippen LogP) is 1.94. The predicted molar refractivity (Wildman–Crippen MR) is 64.9 cm³/mol. The Balaban J connectivity index is 4.20. The lowest BCUT2D eigenvalue weighted by molar-refractivity contribution is -0.160. The van der Waals surface area contributed by atoms with E-state index in [9.17, 15) is 9.59 Å². The maximum atomic E-state index is 11.4. The van der Waals surface area contributed by atoms with Gasteiger partial charge in [-0.15, -0.1) is 0 Å². The average Bonchev–Trinajstić information content (AvgIpc) is 2.10. The molecule has 0 aromatic carbocycles. The van der Waals surface area contributed by atoms with Gasteiger partial charge >= 0.3 is 11.9 Å². The van der Waals surface area contributed by atoms with Gasteiger partial charge in [-0.1, -0.05) is 22.6 Å². The Hall–Kier alpha value is -0.330. The van der Waals surface area contributed by atoms with Crippen LogP contribution in [0.1, 0.15) is 27.2 Å². The van der Waals surface area contributed by atoms with E-state index < -0.39 is 11.5 Å². The molecular formula is C10H17IO4. The third-order valence-corrected chi connectivity index (χ3v) is 2.62. The second-order valence-electron chi connectivity index (χ2n) is 4.16. The van der Waals surface area contributed by atoms with Crippen molar-refractivity contribution in [3.05, 3.63) is 0 Å². The molecule has 0 saturated heterocycles. The Bertz CT molecular complexity index is 232. The molecular weight excluding hydrogens is 311 g/mol. The third kappa shape index (κ3) is 6.70. The van der Waals surface area contributed by atoms with E-state index in [4.69, 9.17) is 4.74 Å². The van der Waals surface area contributed by atoms with Crippen molar-refractivity contribution in [3.8, 4) is 0 Å². The smallest absolute Gasteiger partial charge is 0.310 e. The molecule has 1 unspecified atom stereocenters. The highest BCUT2D eigenvalue weighted by molar-refractivity contribution is 14.1. The summed E-state index contributed by atoms with van der Waals surface area (Å²) in [5.41, 5.74) is -0.511. The zero-order chi connectivity index (χ0) is 12.1. The lowest BCUT2D eigenvalue weighted by Crippen LogP contribution is -2.28. The van der Waals surface area contributed by atoms with Gasteiger partial charge < -0.3 is 9.47 Å². The summed E-state index contributed by atoms with van der Waals surface area (Å²) < 4.78 is 10.2. The second kappa shape index (κ2) is 6.30. The van der Waals surface area contributed by atoms with Crippen molar-refractivity contribution in [1.29, 1.82) is 0 Å². The van der Waals surface area contributed by atoms with E-state index >= 15 is 0 Å². The van der Waals surface area contributed by atoms with Crippen LogP contribution in [0.25, 0.3) is 0 Å². The van der Waals surface area contributed by atoms with Crippen LogP contribution >= 0.6 is 22.6 Å². The molecule has 0 aromatic rings. The Morgan fingerprint density at radius 2 is 1.87 bits per heavy atom. The minimum Gasteiger partial charge on any atom is -0.469 e. The molecule has 0 aliphatic heterocycles. The summed E-state index contributed by atoms with van der Waals surface area (Å²) in [6, 6.07) is 0. The fraction of sp³-hybridized carbons (Fsp3) is 0.800. The van der Waals surface area contributed by atoms with Crippen LogP contribution in [-0.2, 0) is 19.1 Å². The van der Waals surface area contributed by atoms with Crippen molar-refractivity contribution in [3.63, 3.8) is 0 Å². The molecule has 0 fully saturated rings. The van der Waals surface area contributed by atoms with Crippen molar-refractivity contribution in [2.45, 2.75) is 32.8 Å². The third-order valence-electron chi connectivity index (χ3n) is 1.55. The van der Waals surface area contributed by atoms with E-state index in [2.05, 4.69) is 27.3 Å². The molecule has 0 N–H and O–H groups in total. The molecule has 0 spiro atoms. The van der Waals surface area contributed by atoms with Gasteiger partial charge in [0.2, 0.25) is 0 Å². The van der Waals surface area contributed by atoms with Crippen LogP contribution in [0.3, 0.4) is 0 Å². The first-order valence-corrected chi connectivity index (χ1v) is 6.18. The van der Waals surface area contributed by atoms with Crippen molar-refractivity contribution in [1.82, 2.24) is 0 Å². The zero-order valence-corrected chi connectivity index (χ0v) is 11.7. The summed E-state index contributed by atoms with van der Waals surface area (Å²) in [6.45, 7) is 5.38. The van der Waals surface area contributed by atoms with Crippen molar-refractivity contribution in [2.75, 3.05) is 11.5 Å². The number of rotatable bonds is 4. The Morgan fingerprint density at radius 1 is 1.33 bits per heavy atom. The highest BCUT2D eigenvalue weighted by atomic mass is 127. The fourth-order valence-electron chi connectivity index (χ4n) is 0.952. The quantitative estimate of drug-likeness (QED) is 0.450.